The number of hydrogen-bond donors (Lipinski definition) is 9. The number of guanidine groups is 1. The zero-order valence-corrected chi connectivity index (χ0v) is 32.6. The van der Waals surface area contributed by atoms with Crippen LogP contribution in [0.4, 0.5) is 9.59 Å². The van der Waals surface area contributed by atoms with E-state index in [1.807, 2.05) is 6.07 Å². The standard InChI is InChI=1S/C39H55N9O8/c1-22-17-26(49)18-23(2)27(22)20-30-33(52)48-39(34(53)45-29(31(40)50)19-24-11-7-6-8-12-24)21-25(39)13-9-16-43-36(54)47-35(41)42-15-10-14-28(32(51)44-30)46-37(55)56-38(3,4)5/h6-8,11-12,17-18,25,28-30,49H,9-10,13-16,19-21H2,1-5H3,(H2,40,50)(H,44,51)(H,45,53)(H,46,55)(H,48,52)(H4,41,42,43,47,54)/t25?,28-,29+,30+,39-/m1/s1. The number of carbonyl (C=O) groups is 6. The van der Waals surface area contributed by atoms with E-state index in [0.717, 1.165) is 5.56 Å². The number of nitrogens with two attached hydrogens (primary N) is 2. The Bertz CT molecular complexity index is 1790. The Hall–Kier alpha value is -5.87. The number of urea groups is 1. The van der Waals surface area contributed by atoms with E-state index in [4.69, 9.17) is 16.2 Å². The largest absolute Gasteiger partial charge is 0.508 e. The van der Waals surface area contributed by atoms with E-state index in [0.29, 0.717) is 29.5 Å². The number of aryl methyl sites for hydroxylation is 2. The molecular formula is C39H55N9O8. The van der Waals surface area contributed by atoms with Crippen LogP contribution in [-0.4, -0.2) is 89.2 Å². The third-order valence-electron chi connectivity index (χ3n) is 9.71. The number of amides is 7. The van der Waals surface area contributed by atoms with Crippen molar-refractivity contribution in [1.82, 2.24) is 31.9 Å². The molecule has 1 saturated carbocycles. The molecule has 1 aliphatic carbocycles. The summed E-state index contributed by atoms with van der Waals surface area (Å²) in [7, 11) is 0. The Labute approximate surface area is 326 Å². The van der Waals surface area contributed by atoms with E-state index < -0.39 is 70.9 Å². The summed E-state index contributed by atoms with van der Waals surface area (Å²) in [6, 6.07) is 7.96. The van der Waals surface area contributed by atoms with Gasteiger partial charge >= 0.3 is 12.1 Å². The van der Waals surface area contributed by atoms with Crippen LogP contribution in [0, 0.1) is 19.8 Å². The highest BCUT2D eigenvalue weighted by Gasteiger charge is 2.61. The highest BCUT2D eigenvalue weighted by Crippen LogP contribution is 2.47. The molecule has 1 heterocycles. The molecule has 0 saturated heterocycles. The maximum atomic E-state index is 14.5. The number of phenols is 1. The zero-order valence-electron chi connectivity index (χ0n) is 32.6. The number of nitrogens with zero attached hydrogens (tertiary/aromatic N) is 1. The molecule has 1 unspecified atom stereocenters. The van der Waals surface area contributed by atoms with Gasteiger partial charge in [-0.1, -0.05) is 30.3 Å². The number of carbonyl (C=O) groups excluding carboxylic acids is 6. The minimum Gasteiger partial charge on any atom is -0.508 e. The monoisotopic (exact) mass is 777 g/mol. The predicted octanol–water partition coefficient (Wildman–Crippen LogP) is 1.21. The number of rotatable bonds is 8. The van der Waals surface area contributed by atoms with Crippen LogP contribution in [-0.2, 0) is 36.8 Å². The normalized spacial score (nSPS) is 23.1. The SMILES string of the molecule is Cc1cc(O)cc(C)c1C[C@@H]1NC(=O)[C@H](NC(=O)OC(C)(C)C)CCCN=C(N)NC(=O)NCCCC2C[C@@]2(C(=O)N[C@@H](Cc2ccccc2)C(N)=O)NC1=O. The minimum atomic E-state index is -1.49. The van der Waals surface area contributed by atoms with Crippen LogP contribution < -0.4 is 43.4 Å². The number of aliphatic imine (C=N–C) groups is 1. The molecule has 7 amide bonds. The van der Waals surface area contributed by atoms with E-state index in [-0.39, 0.29) is 56.9 Å². The number of nitrogens with one attached hydrogen (secondary N) is 6. The van der Waals surface area contributed by atoms with E-state index in [2.05, 4.69) is 36.9 Å². The summed E-state index contributed by atoms with van der Waals surface area (Å²) >= 11 is 0. The Balaban J connectivity index is 1.70. The summed E-state index contributed by atoms with van der Waals surface area (Å²) in [5.74, 6) is -3.31. The quantitative estimate of drug-likeness (QED) is 0.186. The molecule has 2 aromatic rings. The van der Waals surface area contributed by atoms with Gasteiger partial charge in [0.1, 0.15) is 35.0 Å². The van der Waals surface area contributed by atoms with Gasteiger partial charge in [-0.2, -0.15) is 0 Å². The molecule has 0 radical (unpaired) electrons. The van der Waals surface area contributed by atoms with Crippen LogP contribution in [0.15, 0.2) is 47.5 Å². The van der Waals surface area contributed by atoms with Crippen LogP contribution in [0.1, 0.15) is 75.1 Å². The van der Waals surface area contributed by atoms with Crippen LogP contribution in [0.2, 0.25) is 0 Å². The number of hydrogen-bond acceptors (Lipinski definition) is 10. The summed E-state index contributed by atoms with van der Waals surface area (Å²) in [5, 5.41) is 26.4. The summed E-state index contributed by atoms with van der Waals surface area (Å²) in [4.78, 5) is 84.9. The lowest BCUT2D eigenvalue weighted by atomic mass is 9.94. The van der Waals surface area contributed by atoms with Gasteiger partial charge in [-0.15, -0.1) is 0 Å². The van der Waals surface area contributed by atoms with Crippen LogP contribution >= 0.6 is 0 Å². The number of benzene rings is 2. The van der Waals surface area contributed by atoms with Crippen molar-refractivity contribution in [2.45, 2.75) is 109 Å². The lowest BCUT2D eigenvalue weighted by Crippen LogP contribution is -2.60. The fraction of sp³-hybridized carbons (Fsp3) is 0.513. The van der Waals surface area contributed by atoms with Crippen molar-refractivity contribution in [3.8, 4) is 5.75 Å². The molecule has 56 heavy (non-hydrogen) atoms. The van der Waals surface area contributed by atoms with Crippen molar-refractivity contribution in [2.75, 3.05) is 13.1 Å². The molecular weight excluding hydrogens is 722 g/mol. The van der Waals surface area contributed by atoms with Crippen LogP contribution in [0.25, 0.3) is 0 Å². The number of phenolic OH excluding ortho intramolecular Hbond substituents is 1. The van der Waals surface area contributed by atoms with Gasteiger partial charge in [-0.05, 0) is 107 Å². The van der Waals surface area contributed by atoms with Crippen LogP contribution in [0.3, 0.4) is 0 Å². The van der Waals surface area contributed by atoms with Gasteiger partial charge in [0.2, 0.25) is 23.6 Å². The second-order valence-corrected chi connectivity index (χ2v) is 15.4. The summed E-state index contributed by atoms with van der Waals surface area (Å²) in [6.45, 7) is 8.86. The molecule has 2 aliphatic rings. The average Bonchev–Trinajstić information content (AvgIpc) is 3.80. The molecule has 2 aromatic carbocycles. The second kappa shape index (κ2) is 18.6. The maximum Gasteiger partial charge on any atom is 0.408 e. The van der Waals surface area contributed by atoms with Gasteiger partial charge < -0.3 is 47.9 Å². The molecule has 1 aliphatic heterocycles. The first-order valence-corrected chi connectivity index (χ1v) is 18.8. The van der Waals surface area contributed by atoms with Crippen molar-refractivity contribution in [1.29, 1.82) is 0 Å². The van der Waals surface area contributed by atoms with Gasteiger partial charge in [0.05, 0.1) is 0 Å². The maximum absolute atomic E-state index is 14.5. The Kier molecular flexibility index (Phi) is 14.3. The van der Waals surface area contributed by atoms with Gasteiger partial charge in [-0.3, -0.25) is 29.5 Å². The van der Waals surface area contributed by atoms with E-state index in [9.17, 15) is 33.9 Å². The fourth-order valence-corrected chi connectivity index (χ4v) is 6.77. The Morgan fingerprint density at radius 3 is 2.36 bits per heavy atom. The Morgan fingerprint density at radius 2 is 1.71 bits per heavy atom. The molecule has 17 heteroatoms. The lowest BCUT2D eigenvalue weighted by molar-refractivity contribution is -0.134. The van der Waals surface area contributed by atoms with Crippen molar-refractivity contribution in [2.24, 2.45) is 22.4 Å². The first kappa shape index (κ1) is 42.9. The third kappa shape index (κ3) is 12.3. The second-order valence-electron chi connectivity index (χ2n) is 15.4. The van der Waals surface area contributed by atoms with Crippen molar-refractivity contribution in [3.63, 3.8) is 0 Å². The molecule has 11 N–H and O–H groups in total. The minimum absolute atomic E-state index is 0.0324. The molecule has 4 rings (SSSR count). The first-order chi connectivity index (χ1) is 26.4. The summed E-state index contributed by atoms with van der Waals surface area (Å²) in [5.41, 5.74) is 12.1. The lowest BCUT2D eigenvalue weighted by Gasteiger charge is -2.28. The van der Waals surface area contributed by atoms with E-state index >= 15 is 0 Å². The Morgan fingerprint density at radius 1 is 1.04 bits per heavy atom. The molecule has 0 spiro atoms. The van der Waals surface area contributed by atoms with Crippen molar-refractivity contribution >= 4 is 41.7 Å². The van der Waals surface area contributed by atoms with E-state index in [1.165, 1.54) is 0 Å². The summed E-state index contributed by atoms with van der Waals surface area (Å²) in [6.07, 6.45) is 0.525. The number of ether oxygens (including phenoxy) is 1. The smallest absolute Gasteiger partial charge is 0.408 e. The molecule has 5 atom stereocenters. The third-order valence-corrected chi connectivity index (χ3v) is 9.71. The number of fused-ring (bicyclic) bond motifs is 1. The topological polar surface area (TPSA) is 268 Å². The van der Waals surface area contributed by atoms with Gasteiger partial charge in [0.25, 0.3) is 0 Å². The van der Waals surface area contributed by atoms with E-state index in [1.54, 1.807) is 71.0 Å². The van der Waals surface area contributed by atoms with Gasteiger partial charge in [0, 0.05) is 25.9 Å². The highest BCUT2D eigenvalue weighted by molar-refractivity contribution is 5.99. The number of aromatic hydroxyl groups is 1. The molecule has 0 bridgehead atoms. The zero-order chi connectivity index (χ0) is 41.2. The van der Waals surface area contributed by atoms with Crippen LogP contribution in [0.5, 0.6) is 5.75 Å². The molecule has 304 valence electrons. The molecule has 0 aromatic heterocycles. The highest BCUT2D eigenvalue weighted by atomic mass is 16.6. The number of alkyl carbamates (subject to hydrolysis) is 1. The average molecular weight is 778 g/mol. The van der Waals surface area contributed by atoms with Gasteiger partial charge in [0.15, 0.2) is 5.96 Å². The fourth-order valence-electron chi connectivity index (χ4n) is 6.77. The number of primary amides is 1. The van der Waals surface area contributed by atoms with Crippen molar-refractivity contribution in [3.05, 3.63) is 64.7 Å². The predicted molar refractivity (Wildman–Crippen MR) is 208 cm³/mol. The molecule has 1 fully saturated rings. The van der Waals surface area contributed by atoms with Gasteiger partial charge in [-0.25, -0.2) is 9.59 Å². The molecule has 17 nitrogen and oxygen atoms in total. The summed E-state index contributed by atoms with van der Waals surface area (Å²) < 4.78 is 5.41. The van der Waals surface area contributed by atoms with Crippen molar-refractivity contribution < 1.29 is 38.6 Å². The first-order valence-electron chi connectivity index (χ1n) is 18.8.